The van der Waals surface area contributed by atoms with Gasteiger partial charge in [0.1, 0.15) is 5.69 Å². The number of anilines is 1. The molecule has 4 nitrogen and oxygen atoms in total. The van der Waals surface area contributed by atoms with Crippen LogP contribution in [0.1, 0.15) is 16.8 Å². The van der Waals surface area contributed by atoms with Crippen LogP contribution in [0.5, 0.6) is 0 Å². The Kier molecular flexibility index (Phi) is 4.52. The Labute approximate surface area is 125 Å². The predicted molar refractivity (Wildman–Crippen MR) is 69.7 cm³/mol. The highest BCUT2D eigenvalue weighted by Crippen LogP contribution is 2.29. The first-order valence-corrected chi connectivity index (χ1v) is 6.03. The number of alkyl halides is 6. The third kappa shape index (κ3) is 4.66. The highest BCUT2D eigenvalue weighted by atomic mass is 19.4. The van der Waals surface area contributed by atoms with E-state index in [1.54, 1.807) is 0 Å². The van der Waals surface area contributed by atoms with Crippen LogP contribution in [0.25, 0.3) is 0 Å². The summed E-state index contributed by atoms with van der Waals surface area (Å²) in [5, 5.41) is 3.58. The number of hydrazone groups is 1. The number of aromatic nitrogens is 2. The highest BCUT2D eigenvalue weighted by molar-refractivity contribution is 5.80. The van der Waals surface area contributed by atoms with Gasteiger partial charge in [-0.1, -0.05) is 12.1 Å². The van der Waals surface area contributed by atoms with Gasteiger partial charge in [0.15, 0.2) is 0 Å². The molecule has 1 aromatic heterocycles. The Hall–Kier alpha value is -2.65. The smallest absolute Gasteiger partial charge is 0.245 e. The molecule has 1 N–H and O–H groups in total. The number of benzene rings is 1. The van der Waals surface area contributed by atoms with Crippen molar-refractivity contribution < 1.29 is 26.3 Å². The third-order valence-electron chi connectivity index (χ3n) is 2.56. The zero-order valence-electron chi connectivity index (χ0n) is 11.2. The molecule has 0 aliphatic heterocycles. The minimum atomic E-state index is -4.61. The molecule has 0 atom stereocenters. The fourth-order valence-corrected chi connectivity index (χ4v) is 1.49. The quantitative estimate of drug-likeness (QED) is 0.525. The standard InChI is InChI=1S/C13H8F6N4/c14-12(15,16)9-3-1-8(2-4-9)7-21-23-11-20-6-5-10(22-11)13(17,18)19/h1-7H,(H,20,22,23). The van der Waals surface area contributed by atoms with E-state index >= 15 is 0 Å². The van der Waals surface area contributed by atoms with Crippen LogP contribution >= 0.6 is 0 Å². The van der Waals surface area contributed by atoms with Crippen molar-refractivity contribution in [1.29, 1.82) is 0 Å². The fourth-order valence-electron chi connectivity index (χ4n) is 1.49. The van der Waals surface area contributed by atoms with E-state index < -0.39 is 23.6 Å². The van der Waals surface area contributed by atoms with E-state index in [1.807, 2.05) is 0 Å². The van der Waals surface area contributed by atoms with Gasteiger partial charge in [0.2, 0.25) is 5.95 Å². The Morgan fingerprint density at radius 1 is 0.913 bits per heavy atom. The second kappa shape index (κ2) is 6.23. The summed E-state index contributed by atoms with van der Waals surface area (Å²) in [6, 6.07) is 4.76. The monoisotopic (exact) mass is 334 g/mol. The SMILES string of the molecule is FC(F)(F)c1ccc(C=NNc2nccc(C(F)(F)F)n2)cc1. The number of halogens is 6. The first-order chi connectivity index (χ1) is 10.7. The Morgan fingerprint density at radius 2 is 1.57 bits per heavy atom. The zero-order valence-corrected chi connectivity index (χ0v) is 11.2. The molecule has 0 aliphatic carbocycles. The number of hydrogen-bond donors (Lipinski definition) is 1. The highest BCUT2D eigenvalue weighted by Gasteiger charge is 2.32. The van der Waals surface area contributed by atoms with Crippen LogP contribution < -0.4 is 5.43 Å². The normalized spacial score (nSPS) is 12.6. The van der Waals surface area contributed by atoms with Gasteiger partial charge < -0.3 is 0 Å². The first-order valence-electron chi connectivity index (χ1n) is 6.03. The van der Waals surface area contributed by atoms with E-state index in [4.69, 9.17) is 0 Å². The molecule has 10 heteroatoms. The largest absolute Gasteiger partial charge is 0.433 e. The first kappa shape index (κ1) is 16.7. The van der Waals surface area contributed by atoms with E-state index in [9.17, 15) is 26.3 Å². The molecule has 0 amide bonds. The fraction of sp³-hybridized carbons (Fsp3) is 0.154. The van der Waals surface area contributed by atoms with E-state index in [-0.39, 0.29) is 5.95 Å². The summed E-state index contributed by atoms with van der Waals surface area (Å²) < 4.78 is 74.4. The van der Waals surface area contributed by atoms with Crippen LogP contribution in [0.15, 0.2) is 41.6 Å². The van der Waals surface area contributed by atoms with Crippen molar-refractivity contribution in [2.45, 2.75) is 12.4 Å². The van der Waals surface area contributed by atoms with E-state index in [2.05, 4.69) is 20.5 Å². The number of rotatable bonds is 3. The summed E-state index contributed by atoms with van der Waals surface area (Å²) in [5.74, 6) is -0.386. The number of nitrogens with zero attached hydrogens (tertiary/aromatic N) is 3. The van der Waals surface area contributed by atoms with Crippen LogP contribution in [0.2, 0.25) is 0 Å². The maximum absolute atomic E-state index is 12.4. The molecule has 1 heterocycles. The second-order valence-corrected chi connectivity index (χ2v) is 4.25. The number of nitrogens with one attached hydrogen (secondary N) is 1. The number of hydrogen-bond acceptors (Lipinski definition) is 4. The Bertz CT molecular complexity index is 691. The summed E-state index contributed by atoms with van der Waals surface area (Å²) >= 11 is 0. The van der Waals surface area contributed by atoms with Gasteiger partial charge in [-0.25, -0.2) is 15.4 Å². The van der Waals surface area contributed by atoms with Gasteiger partial charge in [-0.3, -0.25) is 0 Å². The van der Waals surface area contributed by atoms with E-state index in [0.29, 0.717) is 11.6 Å². The Balaban J connectivity index is 2.05. The molecule has 1 aromatic carbocycles. The maximum Gasteiger partial charge on any atom is 0.433 e. The lowest BCUT2D eigenvalue weighted by atomic mass is 10.1. The molecule has 0 unspecified atom stereocenters. The summed E-state index contributed by atoms with van der Waals surface area (Å²) in [6.45, 7) is 0. The third-order valence-corrected chi connectivity index (χ3v) is 2.56. The summed E-state index contributed by atoms with van der Waals surface area (Å²) in [4.78, 5) is 6.76. The van der Waals surface area contributed by atoms with Crippen molar-refractivity contribution in [2.75, 3.05) is 5.43 Å². The molecule has 0 saturated carbocycles. The summed E-state index contributed by atoms with van der Waals surface area (Å²) in [7, 11) is 0. The minimum Gasteiger partial charge on any atom is -0.245 e. The van der Waals surface area contributed by atoms with Gasteiger partial charge in [-0.15, -0.1) is 0 Å². The predicted octanol–water partition coefficient (Wildman–Crippen LogP) is 3.96. The lowest BCUT2D eigenvalue weighted by Gasteiger charge is -2.06. The zero-order chi connectivity index (χ0) is 17.1. The van der Waals surface area contributed by atoms with Crippen LogP contribution in [0.3, 0.4) is 0 Å². The molecule has 0 saturated heterocycles. The van der Waals surface area contributed by atoms with Gasteiger partial charge in [-0.2, -0.15) is 31.4 Å². The average molecular weight is 334 g/mol. The Morgan fingerprint density at radius 3 is 2.13 bits per heavy atom. The van der Waals surface area contributed by atoms with Crippen LogP contribution in [0, 0.1) is 0 Å². The lowest BCUT2D eigenvalue weighted by Crippen LogP contribution is -2.10. The minimum absolute atomic E-state index is 0.317. The summed E-state index contributed by atoms with van der Waals surface area (Å²) in [6.07, 6.45) is -7.02. The molecular weight excluding hydrogens is 326 g/mol. The molecular formula is C13H8F6N4. The van der Waals surface area contributed by atoms with E-state index in [0.717, 1.165) is 24.5 Å². The van der Waals surface area contributed by atoms with E-state index in [1.165, 1.54) is 12.1 Å². The molecule has 0 bridgehead atoms. The average Bonchev–Trinajstić information content (AvgIpc) is 2.46. The molecule has 23 heavy (non-hydrogen) atoms. The second-order valence-electron chi connectivity index (χ2n) is 4.25. The van der Waals surface area contributed by atoms with Crippen molar-refractivity contribution >= 4 is 12.2 Å². The molecule has 2 aromatic rings. The van der Waals surface area contributed by atoms with Gasteiger partial charge in [-0.05, 0) is 23.8 Å². The topological polar surface area (TPSA) is 50.2 Å². The van der Waals surface area contributed by atoms with Gasteiger partial charge in [0.25, 0.3) is 0 Å². The summed E-state index contributed by atoms with van der Waals surface area (Å²) in [5.41, 5.74) is 0.538. The van der Waals surface area contributed by atoms with Crippen LogP contribution in [0.4, 0.5) is 32.3 Å². The van der Waals surface area contributed by atoms with Crippen molar-refractivity contribution in [3.63, 3.8) is 0 Å². The molecule has 0 spiro atoms. The van der Waals surface area contributed by atoms with Crippen molar-refractivity contribution in [3.8, 4) is 0 Å². The van der Waals surface area contributed by atoms with Crippen LogP contribution in [-0.4, -0.2) is 16.2 Å². The van der Waals surface area contributed by atoms with Gasteiger partial charge in [0, 0.05) is 6.20 Å². The van der Waals surface area contributed by atoms with Gasteiger partial charge in [0.05, 0.1) is 11.8 Å². The maximum atomic E-state index is 12.4. The molecule has 2 rings (SSSR count). The van der Waals surface area contributed by atoms with Gasteiger partial charge >= 0.3 is 12.4 Å². The molecule has 122 valence electrons. The van der Waals surface area contributed by atoms with Crippen LogP contribution in [-0.2, 0) is 12.4 Å². The van der Waals surface area contributed by atoms with Crippen molar-refractivity contribution in [1.82, 2.24) is 9.97 Å². The molecule has 0 radical (unpaired) electrons. The van der Waals surface area contributed by atoms with Crippen molar-refractivity contribution in [2.24, 2.45) is 5.10 Å². The molecule has 0 fully saturated rings. The lowest BCUT2D eigenvalue weighted by molar-refractivity contribution is -0.141. The molecule has 0 aliphatic rings. The van der Waals surface area contributed by atoms with Crippen molar-refractivity contribution in [3.05, 3.63) is 53.3 Å².